The standard InChI is InChI=1S/C18H30O3S.C6H6O3S/c1-2-3-4-5-6-7-8-9-10-11-14-17-15-12-13-16-18(17)22(19,20)21;7-10(8,9)6-4-2-1-3-5-6/h12-13,15-16H,2-11,14H2,1H3,(H,19,20,21);1-5H,(H,7,8,9)/p-2. The summed E-state index contributed by atoms with van der Waals surface area (Å²) < 4.78 is 64.4. The Kier molecular flexibility index (Phi) is 13.4. The fourth-order valence-corrected chi connectivity index (χ4v) is 4.57. The van der Waals surface area contributed by atoms with Crippen molar-refractivity contribution in [2.75, 3.05) is 0 Å². The van der Waals surface area contributed by atoms with E-state index in [0.717, 1.165) is 12.8 Å². The molecule has 2 aromatic carbocycles. The van der Waals surface area contributed by atoms with Gasteiger partial charge in [0.2, 0.25) is 0 Å². The highest BCUT2D eigenvalue weighted by molar-refractivity contribution is 7.86. The summed E-state index contributed by atoms with van der Waals surface area (Å²) in [6.07, 6.45) is 13.2. The minimum atomic E-state index is -4.35. The van der Waals surface area contributed by atoms with Crippen LogP contribution in [0, 0.1) is 0 Å². The Morgan fingerprint density at radius 2 is 1.06 bits per heavy atom. The molecule has 0 aliphatic carbocycles. The summed E-state index contributed by atoms with van der Waals surface area (Å²) in [7, 11) is -8.60. The van der Waals surface area contributed by atoms with Gasteiger partial charge in [0.15, 0.2) is 0 Å². The van der Waals surface area contributed by atoms with Gasteiger partial charge in [0, 0.05) is 0 Å². The van der Waals surface area contributed by atoms with Crippen molar-refractivity contribution < 1.29 is 25.9 Å². The van der Waals surface area contributed by atoms with Gasteiger partial charge in [0.1, 0.15) is 20.2 Å². The minimum absolute atomic E-state index is 0.0501. The third-order valence-electron chi connectivity index (χ3n) is 5.07. The van der Waals surface area contributed by atoms with E-state index in [9.17, 15) is 25.9 Å². The van der Waals surface area contributed by atoms with Gasteiger partial charge in [-0.15, -0.1) is 0 Å². The summed E-state index contributed by atoms with van der Waals surface area (Å²) in [5.41, 5.74) is 0.664. The fourth-order valence-electron chi connectivity index (χ4n) is 3.34. The first-order valence-corrected chi connectivity index (χ1v) is 14.0. The first kappa shape index (κ1) is 28.3. The molecule has 0 bridgehead atoms. The van der Waals surface area contributed by atoms with Gasteiger partial charge in [-0.2, -0.15) is 0 Å². The van der Waals surface area contributed by atoms with Crippen molar-refractivity contribution in [2.45, 2.75) is 87.3 Å². The van der Waals surface area contributed by atoms with Crippen molar-refractivity contribution in [1.82, 2.24) is 0 Å². The van der Waals surface area contributed by atoms with E-state index in [-0.39, 0.29) is 9.79 Å². The maximum absolute atomic E-state index is 11.2. The zero-order valence-corrected chi connectivity index (χ0v) is 20.4. The second-order valence-corrected chi connectivity index (χ2v) is 10.5. The highest BCUT2D eigenvalue weighted by atomic mass is 32.2. The van der Waals surface area contributed by atoms with Crippen LogP contribution in [-0.2, 0) is 26.7 Å². The molecule has 0 radical (unpaired) electrons. The summed E-state index contributed by atoms with van der Waals surface area (Å²) in [5.74, 6) is 0. The first-order valence-electron chi connectivity index (χ1n) is 11.2. The third kappa shape index (κ3) is 12.3. The lowest BCUT2D eigenvalue weighted by Gasteiger charge is -2.12. The molecule has 2 aromatic rings. The molecule has 0 aliphatic heterocycles. The molecule has 6 nitrogen and oxygen atoms in total. The van der Waals surface area contributed by atoms with E-state index in [0.29, 0.717) is 12.0 Å². The van der Waals surface area contributed by atoms with Crippen LogP contribution in [0.2, 0.25) is 0 Å². The number of unbranched alkanes of at least 4 members (excludes halogenated alkanes) is 9. The zero-order chi connectivity index (χ0) is 23.9. The Balaban J connectivity index is 0.000000425. The molecule has 0 spiro atoms. The van der Waals surface area contributed by atoms with Crippen molar-refractivity contribution in [3.05, 3.63) is 60.2 Å². The van der Waals surface area contributed by atoms with Gasteiger partial charge in [-0.1, -0.05) is 101 Å². The van der Waals surface area contributed by atoms with E-state index in [4.69, 9.17) is 0 Å². The molecular formula is C24H34O6S2-2. The lowest BCUT2D eigenvalue weighted by molar-refractivity contribution is 0.460. The molecule has 32 heavy (non-hydrogen) atoms. The predicted molar refractivity (Wildman–Crippen MR) is 124 cm³/mol. The Morgan fingerprint density at radius 3 is 1.53 bits per heavy atom. The molecule has 0 amide bonds. The van der Waals surface area contributed by atoms with Gasteiger partial charge in [-0.05, 0) is 36.6 Å². The molecule has 0 fully saturated rings. The van der Waals surface area contributed by atoms with E-state index >= 15 is 0 Å². The maximum Gasteiger partial charge on any atom is 0.124 e. The molecule has 0 saturated heterocycles. The zero-order valence-electron chi connectivity index (χ0n) is 18.7. The second-order valence-electron chi connectivity index (χ2n) is 7.76. The van der Waals surface area contributed by atoms with Crippen LogP contribution in [0.15, 0.2) is 64.4 Å². The van der Waals surface area contributed by atoms with Gasteiger partial charge < -0.3 is 9.11 Å². The van der Waals surface area contributed by atoms with E-state index in [2.05, 4.69) is 6.92 Å². The topological polar surface area (TPSA) is 114 Å². The number of hydrogen-bond acceptors (Lipinski definition) is 6. The molecule has 180 valence electrons. The van der Waals surface area contributed by atoms with Crippen LogP contribution < -0.4 is 0 Å². The average molecular weight is 483 g/mol. The van der Waals surface area contributed by atoms with Crippen LogP contribution in [0.1, 0.15) is 76.7 Å². The normalized spacial score (nSPS) is 11.6. The number of rotatable bonds is 13. The molecule has 2 rings (SSSR count). The summed E-state index contributed by atoms with van der Waals surface area (Å²) >= 11 is 0. The van der Waals surface area contributed by atoms with E-state index < -0.39 is 20.2 Å². The first-order chi connectivity index (χ1) is 15.2. The van der Waals surface area contributed by atoms with E-state index in [1.807, 2.05) is 0 Å². The van der Waals surface area contributed by atoms with E-state index in [1.54, 1.807) is 24.3 Å². The fraction of sp³-hybridized carbons (Fsp3) is 0.500. The Morgan fingerprint density at radius 1 is 0.594 bits per heavy atom. The Hall–Kier alpha value is -1.74. The molecular weight excluding hydrogens is 448 g/mol. The molecule has 0 N–H and O–H groups in total. The quantitative estimate of drug-likeness (QED) is 0.269. The molecule has 0 atom stereocenters. The smallest absolute Gasteiger partial charge is 0.124 e. The molecule has 0 heterocycles. The highest BCUT2D eigenvalue weighted by Gasteiger charge is 2.07. The van der Waals surface area contributed by atoms with E-state index in [1.165, 1.54) is 81.7 Å². The van der Waals surface area contributed by atoms with Gasteiger partial charge in [-0.3, -0.25) is 0 Å². The average Bonchev–Trinajstić information content (AvgIpc) is 2.75. The van der Waals surface area contributed by atoms with Gasteiger partial charge in [0.25, 0.3) is 0 Å². The van der Waals surface area contributed by atoms with Crippen molar-refractivity contribution in [3.8, 4) is 0 Å². The van der Waals surface area contributed by atoms with Crippen molar-refractivity contribution in [1.29, 1.82) is 0 Å². The van der Waals surface area contributed by atoms with Gasteiger partial charge in [-0.25, -0.2) is 16.8 Å². The Labute approximate surface area is 193 Å². The minimum Gasteiger partial charge on any atom is -0.744 e. The predicted octanol–water partition coefficient (Wildman–Crippen LogP) is 5.64. The molecule has 0 aromatic heterocycles. The van der Waals surface area contributed by atoms with Crippen LogP contribution >= 0.6 is 0 Å². The van der Waals surface area contributed by atoms with Crippen LogP contribution in [0.25, 0.3) is 0 Å². The number of hydrogen-bond donors (Lipinski definition) is 0. The molecule has 8 heteroatoms. The van der Waals surface area contributed by atoms with Crippen LogP contribution in [0.5, 0.6) is 0 Å². The van der Waals surface area contributed by atoms with Crippen molar-refractivity contribution in [2.24, 2.45) is 0 Å². The van der Waals surface area contributed by atoms with Crippen molar-refractivity contribution >= 4 is 20.2 Å². The largest absolute Gasteiger partial charge is 0.744 e. The summed E-state index contributed by atoms with van der Waals surface area (Å²) in [6, 6.07) is 13.7. The third-order valence-corrected chi connectivity index (χ3v) is 6.86. The second kappa shape index (κ2) is 15.2. The highest BCUT2D eigenvalue weighted by Crippen LogP contribution is 2.18. The van der Waals surface area contributed by atoms with Crippen LogP contribution in [0.4, 0.5) is 0 Å². The van der Waals surface area contributed by atoms with Crippen molar-refractivity contribution in [3.63, 3.8) is 0 Å². The number of aryl methyl sites for hydroxylation is 1. The van der Waals surface area contributed by atoms with Gasteiger partial charge >= 0.3 is 0 Å². The molecule has 0 unspecified atom stereocenters. The lowest BCUT2D eigenvalue weighted by Crippen LogP contribution is -2.03. The SMILES string of the molecule is CCCCCCCCCCCCc1ccccc1S(=O)(=O)[O-].O=S(=O)([O-])c1ccccc1. The van der Waals surface area contributed by atoms with Crippen LogP contribution in [-0.4, -0.2) is 25.9 Å². The summed E-state index contributed by atoms with van der Waals surface area (Å²) in [5, 5.41) is 0. The lowest BCUT2D eigenvalue weighted by atomic mass is 10.0. The summed E-state index contributed by atoms with van der Waals surface area (Å²) in [6.45, 7) is 2.23. The van der Waals surface area contributed by atoms with Crippen LogP contribution in [0.3, 0.4) is 0 Å². The summed E-state index contributed by atoms with van der Waals surface area (Å²) in [4.78, 5) is -0.235. The monoisotopic (exact) mass is 482 g/mol. The maximum atomic E-state index is 11.2. The van der Waals surface area contributed by atoms with Gasteiger partial charge in [0.05, 0.1) is 9.79 Å². The molecule has 0 aliphatic rings. The Bertz CT molecular complexity index is 971. The molecule has 0 saturated carbocycles. The number of benzene rings is 2.